The Morgan fingerprint density at radius 3 is 2.58 bits per heavy atom. The van der Waals surface area contributed by atoms with Crippen molar-refractivity contribution in [3.8, 4) is 10.6 Å². The lowest BCUT2D eigenvalue weighted by Gasteiger charge is -2.04. The van der Waals surface area contributed by atoms with Gasteiger partial charge in [-0.25, -0.2) is 4.98 Å². The minimum Gasteiger partial charge on any atom is -0.275 e. The van der Waals surface area contributed by atoms with Gasteiger partial charge in [-0.2, -0.15) is 13.5 Å². The number of sulfonamides is 1. The minimum absolute atomic E-state index is 0.00251. The second-order valence-corrected chi connectivity index (χ2v) is 8.81. The number of anilines is 1. The molecule has 0 unspecified atom stereocenters. The van der Waals surface area contributed by atoms with E-state index in [0.717, 1.165) is 10.0 Å². The third kappa shape index (κ3) is 3.68. The Balaban J connectivity index is 1.83. The molecule has 24 heavy (non-hydrogen) atoms. The average molecular weight is 427 g/mol. The molecule has 1 aromatic carbocycles. The van der Waals surface area contributed by atoms with Crippen LogP contribution in [0.5, 0.6) is 0 Å². The molecule has 0 atom stereocenters. The summed E-state index contributed by atoms with van der Waals surface area (Å²) in [6, 6.07) is 7.72. The molecule has 1 N–H and O–H groups in total. The fraction of sp³-hybridized carbons (Fsp3) is 0.200. The molecule has 6 nitrogen and oxygen atoms in total. The first-order chi connectivity index (χ1) is 11.3. The van der Waals surface area contributed by atoms with Gasteiger partial charge in [0.15, 0.2) is 5.03 Å². The standard InChI is InChI=1S/C15H15BrN4O2S2/c1-10(2)20-8-13(7-17-20)19-24(21,22)14-9-23-15(18-14)11-3-5-12(16)6-4-11/h3-10,19H,1-2H3. The van der Waals surface area contributed by atoms with Crippen molar-refractivity contribution in [2.75, 3.05) is 4.72 Å². The van der Waals surface area contributed by atoms with Gasteiger partial charge in [0.05, 0.1) is 11.9 Å². The molecular weight excluding hydrogens is 412 g/mol. The fourth-order valence-corrected chi connectivity index (χ4v) is 4.38. The molecule has 3 aromatic rings. The lowest BCUT2D eigenvalue weighted by molar-refractivity contribution is 0.532. The molecule has 0 saturated carbocycles. The average Bonchev–Trinajstić information content (AvgIpc) is 3.17. The summed E-state index contributed by atoms with van der Waals surface area (Å²) in [5.41, 5.74) is 1.29. The van der Waals surface area contributed by atoms with Crippen LogP contribution in [0, 0.1) is 0 Å². The number of hydrogen-bond donors (Lipinski definition) is 1. The Hall–Kier alpha value is -1.71. The van der Waals surface area contributed by atoms with Gasteiger partial charge in [-0.3, -0.25) is 9.40 Å². The first-order valence-electron chi connectivity index (χ1n) is 7.13. The number of benzene rings is 1. The first-order valence-corrected chi connectivity index (χ1v) is 10.3. The number of halogens is 1. The Kier molecular flexibility index (Phi) is 4.75. The van der Waals surface area contributed by atoms with E-state index < -0.39 is 10.0 Å². The van der Waals surface area contributed by atoms with Crippen molar-refractivity contribution in [2.24, 2.45) is 0 Å². The molecular formula is C15H15BrN4O2S2. The molecule has 9 heteroatoms. The number of aromatic nitrogens is 3. The molecule has 0 aliphatic heterocycles. The number of thiazole rings is 1. The number of rotatable bonds is 5. The minimum atomic E-state index is -3.73. The lowest BCUT2D eigenvalue weighted by atomic mass is 10.2. The van der Waals surface area contributed by atoms with E-state index in [1.165, 1.54) is 22.9 Å². The van der Waals surface area contributed by atoms with E-state index in [1.807, 2.05) is 38.1 Å². The second-order valence-electron chi connectivity index (χ2n) is 5.41. The summed E-state index contributed by atoms with van der Waals surface area (Å²) in [5.74, 6) is 0. The van der Waals surface area contributed by atoms with E-state index >= 15 is 0 Å². The van der Waals surface area contributed by atoms with E-state index in [2.05, 4.69) is 30.7 Å². The summed E-state index contributed by atoms with van der Waals surface area (Å²) in [5, 5.41) is 6.31. The number of nitrogens with one attached hydrogen (secondary N) is 1. The van der Waals surface area contributed by atoms with E-state index in [1.54, 1.807) is 10.9 Å². The van der Waals surface area contributed by atoms with Crippen molar-refractivity contribution >= 4 is 43.0 Å². The zero-order chi connectivity index (χ0) is 17.3. The van der Waals surface area contributed by atoms with Crippen LogP contribution in [0.4, 0.5) is 5.69 Å². The normalized spacial score (nSPS) is 11.8. The van der Waals surface area contributed by atoms with Gasteiger partial charge >= 0.3 is 0 Å². The van der Waals surface area contributed by atoms with Gasteiger partial charge in [-0.05, 0) is 26.0 Å². The molecule has 2 heterocycles. The largest absolute Gasteiger partial charge is 0.280 e. The molecule has 2 aromatic heterocycles. The predicted octanol–water partition coefficient (Wildman–Crippen LogP) is 4.15. The SMILES string of the molecule is CC(C)n1cc(NS(=O)(=O)c2csc(-c3ccc(Br)cc3)n2)cn1. The highest BCUT2D eigenvalue weighted by Gasteiger charge is 2.20. The van der Waals surface area contributed by atoms with Gasteiger partial charge < -0.3 is 0 Å². The lowest BCUT2D eigenvalue weighted by Crippen LogP contribution is -2.13. The molecule has 0 bridgehead atoms. The zero-order valence-corrected chi connectivity index (χ0v) is 16.2. The summed E-state index contributed by atoms with van der Waals surface area (Å²) in [4.78, 5) is 4.25. The number of hydrogen-bond acceptors (Lipinski definition) is 5. The van der Waals surface area contributed by atoms with Gasteiger partial charge in [0.2, 0.25) is 0 Å². The highest BCUT2D eigenvalue weighted by Crippen LogP contribution is 2.27. The Bertz CT molecular complexity index is 946. The van der Waals surface area contributed by atoms with Crippen LogP contribution in [0.3, 0.4) is 0 Å². The van der Waals surface area contributed by atoms with Gasteiger partial charge in [0.25, 0.3) is 10.0 Å². The molecule has 0 aliphatic carbocycles. The van der Waals surface area contributed by atoms with Crippen LogP contribution in [0.2, 0.25) is 0 Å². The van der Waals surface area contributed by atoms with E-state index in [-0.39, 0.29) is 11.1 Å². The molecule has 0 radical (unpaired) electrons. The smallest absolute Gasteiger partial charge is 0.275 e. The molecule has 0 spiro atoms. The van der Waals surface area contributed by atoms with Crippen LogP contribution in [-0.4, -0.2) is 23.2 Å². The summed E-state index contributed by atoms with van der Waals surface area (Å²) >= 11 is 4.66. The van der Waals surface area contributed by atoms with Gasteiger partial charge in [-0.1, -0.05) is 28.1 Å². The monoisotopic (exact) mass is 426 g/mol. The Morgan fingerprint density at radius 1 is 1.25 bits per heavy atom. The second kappa shape index (κ2) is 6.66. The first kappa shape index (κ1) is 17.1. The topological polar surface area (TPSA) is 76.9 Å². The van der Waals surface area contributed by atoms with Crippen molar-refractivity contribution in [1.29, 1.82) is 0 Å². The molecule has 0 aliphatic rings. The van der Waals surface area contributed by atoms with Gasteiger partial charge in [0.1, 0.15) is 5.01 Å². The number of nitrogens with zero attached hydrogens (tertiary/aromatic N) is 3. The highest BCUT2D eigenvalue weighted by atomic mass is 79.9. The van der Waals surface area contributed by atoms with Crippen molar-refractivity contribution in [1.82, 2.24) is 14.8 Å². The van der Waals surface area contributed by atoms with Crippen molar-refractivity contribution in [2.45, 2.75) is 24.9 Å². The summed E-state index contributed by atoms with van der Waals surface area (Å²) < 4.78 is 30.1. The molecule has 0 fully saturated rings. The van der Waals surface area contributed by atoms with Gasteiger partial charge in [0, 0.05) is 27.7 Å². The van der Waals surface area contributed by atoms with Crippen molar-refractivity contribution in [3.63, 3.8) is 0 Å². The zero-order valence-electron chi connectivity index (χ0n) is 13.0. The summed E-state index contributed by atoms with van der Waals surface area (Å²) in [7, 11) is -3.73. The quantitative estimate of drug-likeness (QED) is 0.664. The third-order valence-electron chi connectivity index (χ3n) is 3.23. The molecule has 3 rings (SSSR count). The summed E-state index contributed by atoms with van der Waals surface area (Å²) in [6.07, 6.45) is 3.14. The van der Waals surface area contributed by atoms with Crippen LogP contribution >= 0.6 is 27.3 Å². The maximum Gasteiger partial charge on any atom is 0.280 e. The highest BCUT2D eigenvalue weighted by molar-refractivity contribution is 9.10. The van der Waals surface area contributed by atoms with Crippen LogP contribution in [-0.2, 0) is 10.0 Å². The Morgan fingerprint density at radius 2 is 1.96 bits per heavy atom. The van der Waals surface area contributed by atoms with Crippen molar-refractivity contribution < 1.29 is 8.42 Å². The molecule has 0 saturated heterocycles. The molecule has 126 valence electrons. The van der Waals surface area contributed by atoms with Crippen LogP contribution < -0.4 is 4.72 Å². The molecule has 0 amide bonds. The summed E-state index contributed by atoms with van der Waals surface area (Å²) in [6.45, 7) is 3.94. The fourth-order valence-electron chi connectivity index (χ4n) is 1.99. The maximum atomic E-state index is 12.5. The van der Waals surface area contributed by atoms with Crippen molar-refractivity contribution in [3.05, 3.63) is 46.5 Å². The van der Waals surface area contributed by atoms with E-state index in [9.17, 15) is 8.42 Å². The maximum absolute atomic E-state index is 12.5. The van der Waals surface area contributed by atoms with Gasteiger partial charge in [-0.15, -0.1) is 11.3 Å². The van der Waals surface area contributed by atoms with Crippen LogP contribution in [0.15, 0.2) is 51.5 Å². The van der Waals surface area contributed by atoms with E-state index in [4.69, 9.17) is 0 Å². The predicted molar refractivity (Wildman–Crippen MR) is 98.7 cm³/mol. The Labute approximate surface area is 152 Å². The third-order valence-corrected chi connectivity index (χ3v) is 6.07. The van der Waals surface area contributed by atoms with E-state index in [0.29, 0.717) is 10.7 Å². The van der Waals surface area contributed by atoms with Crippen LogP contribution in [0.1, 0.15) is 19.9 Å². The van der Waals surface area contributed by atoms with Crippen LogP contribution in [0.25, 0.3) is 10.6 Å².